The molecule has 0 aromatic heterocycles. The summed E-state index contributed by atoms with van der Waals surface area (Å²) in [4.78, 5) is 10.8. The highest BCUT2D eigenvalue weighted by Crippen LogP contribution is 2.30. The van der Waals surface area contributed by atoms with Gasteiger partial charge in [0, 0.05) is 12.0 Å². The monoisotopic (exact) mass is 152 g/mol. The van der Waals surface area contributed by atoms with Gasteiger partial charge in [0.1, 0.15) is 6.10 Å². The van der Waals surface area contributed by atoms with Crippen LogP contribution in [0.4, 0.5) is 0 Å². The van der Waals surface area contributed by atoms with Crippen molar-refractivity contribution >= 4 is 5.97 Å². The fraction of sp³-hybridized carbons (Fsp3) is 0.667. The molecule has 1 aliphatic heterocycles. The van der Waals surface area contributed by atoms with Gasteiger partial charge in [-0.3, -0.25) is 0 Å². The number of ether oxygens (including phenoxy) is 1. The molecule has 2 heteroatoms. The van der Waals surface area contributed by atoms with Crippen LogP contribution in [0, 0.1) is 5.92 Å². The summed E-state index contributed by atoms with van der Waals surface area (Å²) in [6.45, 7) is 0. The van der Waals surface area contributed by atoms with Gasteiger partial charge in [-0.1, -0.05) is 12.5 Å². The van der Waals surface area contributed by atoms with Gasteiger partial charge >= 0.3 is 5.97 Å². The summed E-state index contributed by atoms with van der Waals surface area (Å²) in [5.41, 5.74) is 0. The number of hydrogen-bond donors (Lipinski definition) is 0. The third kappa shape index (κ3) is 1.30. The standard InChI is InChI=1S/C9H12O2/c10-9-6-5-7-3-1-2-4-8(7)11-9/h5-8H,1-4H2/t7-,8+/m1/s1. The van der Waals surface area contributed by atoms with Crippen molar-refractivity contribution in [1.29, 1.82) is 0 Å². The van der Waals surface area contributed by atoms with E-state index in [1.54, 1.807) is 6.08 Å². The molecule has 0 unspecified atom stereocenters. The summed E-state index contributed by atoms with van der Waals surface area (Å²) in [6, 6.07) is 0. The zero-order valence-electron chi connectivity index (χ0n) is 6.45. The summed E-state index contributed by atoms with van der Waals surface area (Å²) < 4.78 is 5.16. The van der Waals surface area contributed by atoms with Crippen molar-refractivity contribution in [1.82, 2.24) is 0 Å². The Morgan fingerprint density at radius 2 is 2.18 bits per heavy atom. The largest absolute Gasteiger partial charge is 0.459 e. The molecule has 0 bridgehead atoms. The number of carbonyl (C=O) groups is 1. The lowest BCUT2D eigenvalue weighted by Gasteiger charge is -2.31. The Bertz CT molecular complexity index is 196. The molecular weight excluding hydrogens is 140 g/mol. The molecule has 0 N–H and O–H groups in total. The van der Waals surface area contributed by atoms with E-state index in [1.165, 1.54) is 19.3 Å². The zero-order chi connectivity index (χ0) is 7.68. The molecule has 0 spiro atoms. The SMILES string of the molecule is O=C1C=C[C@H]2CCCC[C@@H]2O1. The third-order valence-corrected chi connectivity index (χ3v) is 2.50. The van der Waals surface area contributed by atoms with Gasteiger partial charge in [-0.2, -0.15) is 0 Å². The van der Waals surface area contributed by atoms with E-state index in [1.807, 2.05) is 6.08 Å². The Labute approximate surface area is 66.2 Å². The number of rotatable bonds is 0. The minimum Gasteiger partial charge on any atom is -0.459 e. The Balaban J connectivity index is 2.10. The summed E-state index contributed by atoms with van der Waals surface area (Å²) in [5.74, 6) is 0.356. The maximum Gasteiger partial charge on any atom is 0.330 e. The smallest absolute Gasteiger partial charge is 0.330 e. The first-order chi connectivity index (χ1) is 5.36. The number of carbonyl (C=O) groups excluding carboxylic acids is 1. The third-order valence-electron chi connectivity index (χ3n) is 2.50. The Hall–Kier alpha value is -0.790. The molecule has 0 amide bonds. The Kier molecular flexibility index (Phi) is 1.68. The van der Waals surface area contributed by atoms with E-state index in [9.17, 15) is 4.79 Å². The number of hydrogen-bond acceptors (Lipinski definition) is 2. The highest BCUT2D eigenvalue weighted by atomic mass is 16.5. The summed E-state index contributed by atoms with van der Waals surface area (Å²) in [7, 11) is 0. The topological polar surface area (TPSA) is 26.3 Å². The second-order valence-corrected chi connectivity index (χ2v) is 3.28. The van der Waals surface area contributed by atoms with Crippen LogP contribution >= 0.6 is 0 Å². The number of esters is 1. The lowest BCUT2D eigenvalue weighted by molar-refractivity contribution is -0.148. The van der Waals surface area contributed by atoms with Crippen LogP contribution < -0.4 is 0 Å². The van der Waals surface area contributed by atoms with Crippen molar-refractivity contribution in [2.75, 3.05) is 0 Å². The summed E-state index contributed by atoms with van der Waals surface area (Å²) >= 11 is 0. The highest BCUT2D eigenvalue weighted by molar-refractivity contribution is 5.82. The van der Waals surface area contributed by atoms with Gasteiger partial charge in [0.2, 0.25) is 0 Å². The maximum absolute atomic E-state index is 10.8. The van der Waals surface area contributed by atoms with E-state index >= 15 is 0 Å². The van der Waals surface area contributed by atoms with Gasteiger partial charge in [-0.05, 0) is 19.3 Å². The van der Waals surface area contributed by atoms with Crippen molar-refractivity contribution in [3.63, 3.8) is 0 Å². The number of fused-ring (bicyclic) bond motifs is 1. The lowest BCUT2D eigenvalue weighted by Crippen LogP contribution is -2.31. The van der Waals surface area contributed by atoms with E-state index in [0.29, 0.717) is 5.92 Å². The molecule has 2 nitrogen and oxygen atoms in total. The average Bonchev–Trinajstić information content (AvgIpc) is 2.04. The van der Waals surface area contributed by atoms with Crippen LogP contribution in [0.3, 0.4) is 0 Å². The summed E-state index contributed by atoms with van der Waals surface area (Å²) in [5, 5.41) is 0. The fourth-order valence-corrected chi connectivity index (χ4v) is 1.88. The van der Waals surface area contributed by atoms with Crippen LogP contribution in [-0.4, -0.2) is 12.1 Å². The van der Waals surface area contributed by atoms with Crippen molar-refractivity contribution in [2.24, 2.45) is 5.92 Å². The molecule has 0 radical (unpaired) electrons. The van der Waals surface area contributed by atoms with Crippen molar-refractivity contribution in [3.05, 3.63) is 12.2 Å². The molecule has 1 aliphatic carbocycles. The Morgan fingerprint density at radius 1 is 1.36 bits per heavy atom. The molecule has 0 aromatic carbocycles. The molecule has 0 saturated heterocycles. The van der Waals surface area contributed by atoms with E-state index in [4.69, 9.17) is 4.74 Å². The van der Waals surface area contributed by atoms with Gasteiger partial charge < -0.3 is 4.74 Å². The van der Waals surface area contributed by atoms with Crippen LogP contribution in [0.15, 0.2) is 12.2 Å². The first kappa shape index (κ1) is 6.89. The molecule has 1 saturated carbocycles. The van der Waals surface area contributed by atoms with Crippen LogP contribution in [0.5, 0.6) is 0 Å². The van der Waals surface area contributed by atoms with Gasteiger partial charge in [-0.25, -0.2) is 4.79 Å². The minimum atomic E-state index is -0.159. The average molecular weight is 152 g/mol. The van der Waals surface area contributed by atoms with Crippen LogP contribution in [-0.2, 0) is 9.53 Å². The quantitative estimate of drug-likeness (QED) is 0.493. The highest BCUT2D eigenvalue weighted by Gasteiger charge is 2.28. The van der Waals surface area contributed by atoms with Gasteiger partial charge in [0.25, 0.3) is 0 Å². The zero-order valence-corrected chi connectivity index (χ0v) is 6.45. The predicted octanol–water partition coefficient (Wildman–Crippen LogP) is 1.66. The van der Waals surface area contributed by atoms with Gasteiger partial charge in [0.05, 0.1) is 0 Å². The molecule has 2 aliphatic rings. The van der Waals surface area contributed by atoms with Crippen molar-refractivity contribution in [3.8, 4) is 0 Å². The van der Waals surface area contributed by atoms with E-state index < -0.39 is 0 Å². The van der Waals surface area contributed by atoms with E-state index in [0.717, 1.165) is 6.42 Å². The summed E-state index contributed by atoms with van der Waals surface area (Å²) in [6.07, 6.45) is 8.50. The van der Waals surface area contributed by atoms with Gasteiger partial charge in [-0.15, -0.1) is 0 Å². The molecule has 1 heterocycles. The second kappa shape index (κ2) is 2.68. The molecule has 60 valence electrons. The molecular formula is C9H12O2. The second-order valence-electron chi connectivity index (χ2n) is 3.28. The lowest BCUT2D eigenvalue weighted by atomic mass is 9.85. The molecule has 1 fully saturated rings. The van der Waals surface area contributed by atoms with Crippen LogP contribution in [0.25, 0.3) is 0 Å². The van der Waals surface area contributed by atoms with Crippen molar-refractivity contribution in [2.45, 2.75) is 31.8 Å². The normalized spacial score (nSPS) is 36.2. The molecule has 11 heavy (non-hydrogen) atoms. The first-order valence-electron chi connectivity index (χ1n) is 4.25. The fourth-order valence-electron chi connectivity index (χ4n) is 1.88. The van der Waals surface area contributed by atoms with Crippen molar-refractivity contribution < 1.29 is 9.53 Å². The first-order valence-corrected chi connectivity index (χ1v) is 4.25. The van der Waals surface area contributed by atoms with E-state index in [-0.39, 0.29) is 12.1 Å². The maximum atomic E-state index is 10.8. The molecule has 2 atom stereocenters. The minimum absolute atomic E-state index is 0.159. The van der Waals surface area contributed by atoms with Crippen LogP contribution in [0.2, 0.25) is 0 Å². The van der Waals surface area contributed by atoms with Gasteiger partial charge in [0.15, 0.2) is 0 Å². The van der Waals surface area contributed by atoms with Crippen LogP contribution in [0.1, 0.15) is 25.7 Å². The molecule has 2 rings (SSSR count). The predicted molar refractivity (Wildman–Crippen MR) is 41.0 cm³/mol. The van der Waals surface area contributed by atoms with E-state index in [2.05, 4.69) is 0 Å². The molecule has 0 aromatic rings. The Morgan fingerprint density at radius 3 is 3.09 bits per heavy atom.